The number of fused-ring (bicyclic) bond motifs is 1. The van der Waals surface area contributed by atoms with Gasteiger partial charge in [0.1, 0.15) is 11.6 Å². The zero-order valence-corrected chi connectivity index (χ0v) is 22.3. The highest BCUT2D eigenvalue weighted by atomic mass is 35.5. The van der Waals surface area contributed by atoms with Crippen molar-refractivity contribution in [3.63, 3.8) is 0 Å². The Morgan fingerprint density at radius 3 is 2.47 bits per heavy atom. The van der Waals surface area contributed by atoms with Crippen LogP contribution in [0.25, 0.3) is 11.0 Å². The first-order valence-corrected chi connectivity index (χ1v) is 12.9. The third kappa shape index (κ3) is 6.08. The molecule has 1 aromatic heterocycles. The van der Waals surface area contributed by atoms with E-state index in [0.29, 0.717) is 19.6 Å². The van der Waals surface area contributed by atoms with Gasteiger partial charge in [-0.1, -0.05) is 41.4 Å². The van der Waals surface area contributed by atoms with Gasteiger partial charge in [-0.25, -0.2) is 4.98 Å². The molecule has 0 aliphatic heterocycles. The van der Waals surface area contributed by atoms with Crippen LogP contribution >= 0.6 is 11.6 Å². The molecule has 1 N–H and O–H groups in total. The fourth-order valence-corrected chi connectivity index (χ4v) is 4.68. The molecule has 0 saturated carbocycles. The number of hydrogen-bond acceptors (Lipinski definition) is 3. The van der Waals surface area contributed by atoms with Gasteiger partial charge in [-0.2, -0.15) is 0 Å². The zero-order chi connectivity index (χ0) is 25.7. The number of para-hydroxylation sites is 2. The van der Waals surface area contributed by atoms with E-state index in [1.165, 1.54) is 0 Å². The third-order valence-corrected chi connectivity index (χ3v) is 7.05. The van der Waals surface area contributed by atoms with E-state index in [0.717, 1.165) is 74.8 Å². The number of aromatic nitrogens is 2. The number of rotatable bonds is 10. The van der Waals surface area contributed by atoms with Gasteiger partial charge < -0.3 is 14.6 Å². The highest BCUT2D eigenvalue weighted by molar-refractivity contribution is 6.32. The average molecular weight is 504 g/mol. The van der Waals surface area contributed by atoms with Crippen molar-refractivity contribution < 1.29 is 9.53 Å². The molecule has 36 heavy (non-hydrogen) atoms. The summed E-state index contributed by atoms with van der Waals surface area (Å²) in [6.45, 7) is 10.0. The molecule has 3 aromatic carbocycles. The lowest BCUT2D eigenvalue weighted by molar-refractivity contribution is 0.0953. The van der Waals surface area contributed by atoms with E-state index < -0.39 is 0 Å². The summed E-state index contributed by atoms with van der Waals surface area (Å²) in [6, 6.07) is 18.1. The molecule has 6 heteroatoms. The summed E-state index contributed by atoms with van der Waals surface area (Å²) >= 11 is 6.26. The van der Waals surface area contributed by atoms with E-state index in [-0.39, 0.29) is 5.91 Å². The molecular formula is C30H34ClN3O2. The second-order valence-corrected chi connectivity index (χ2v) is 9.80. The van der Waals surface area contributed by atoms with E-state index in [1.807, 2.05) is 76.2 Å². The number of ether oxygens (including phenoxy) is 1. The quantitative estimate of drug-likeness (QED) is 0.243. The summed E-state index contributed by atoms with van der Waals surface area (Å²) in [5.41, 5.74) is 7.04. The molecule has 4 rings (SSSR count). The first-order valence-electron chi connectivity index (χ1n) is 12.5. The Kier molecular flexibility index (Phi) is 8.32. The Morgan fingerprint density at radius 2 is 1.72 bits per heavy atom. The van der Waals surface area contributed by atoms with Gasteiger partial charge in [0.25, 0.3) is 5.91 Å². The fraction of sp³-hybridized carbons (Fsp3) is 0.333. The lowest BCUT2D eigenvalue weighted by Gasteiger charge is -2.12. The van der Waals surface area contributed by atoms with Gasteiger partial charge in [0.05, 0.1) is 17.6 Å². The van der Waals surface area contributed by atoms with Gasteiger partial charge >= 0.3 is 0 Å². The van der Waals surface area contributed by atoms with Gasteiger partial charge in [-0.3, -0.25) is 4.79 Å². The first kappa shape index (κ1) is 25.8. The van der Waals surface area contributed by atoms with Crippen molar-refractivity contribution in [1.82, 2.24) is 14.9 Å². The minimum Gasteiger partial charge on any atom is -0.494 e. The maximum Gasteiger partial charge on any atom is 0.251 e. The van der Waals surface area contributed by atoms with Crippen LogP contribution in [0.3, 0.4) is 0 Å². The smallest absolute Gasteiger partial charge is 0.251 e. The van der Waals surface area contributed by atoms with Crippen LogP contribution in [0.15, 0.2) is 54.6 Å². The molecule has 0 atom stereocenters. The predicted octanol–water partition coefficient (Wildman–Crippen LogP) is 6.76. The summed E-state index contributed by atoms with van der Waals surface area (Å²) in [7, 11) is 0. The molecule has 0 spiro atoms. The van der Waals surface area contributed by atoms with E-state index in [2.05, 4.69) is 16.0 Å². The second kappa shape index (κ2) is 11.6. The van der Waals surface area contributed by atoms with Crippen LogP contribution in [-0.4, -0.2) is 28.6 Å². The number of benzene rings is 3. The molecule has 1 heterocycles. The molecule has 0 bridgehead atoms. The number of halogens is 1. The largest absolute Gasteiger partial charge is 0.494 e. The number of nitrogens with one attached hydrogen (secondary N) is 1. The Morgan fingerprint density at radius 1 is 0.972 bits per heavy atom. The number of carbonyl (C=O) groups is 1. The summed E-state index contributed by atoms with van der Waals surface area (Å²) < 4.78 is 8.25. The highest BCUT2D eigenvalue weighted by Crippen LogP contribution is 2.26. The Hall–Kier alpha value is -3.31. The molecule has 5 nitrogen and oxygen atoms in total. The Balaban J connectivity index is 1.34. The molecule has 0 saturated heterocycles. The molecule has 4 aromatic rings. The van der Waals surface area contributed by atoms with Crippen molar-refractivity contribution in [2.45, 2.75) is 53.5 Å². The maximum absolute atomic E-state index is 12.7. The standard InChI is InChI=1S/C30H34ClN3O2/c1-20-11-12-25(21(2)17-20)30(35)32-14-13-28-33-26-9-5-6-10-27(26)34(28)15-7-8-16-36-24-18-22(3)29(31)23(4)19-24/h5-6,9-12,17-19H,7-8,13-16H2,1-4H3,(H,32,35). The van der Waals surface area contributed by atoms with Crippen LogP contribution in [0, 0.1) is 27.7 Å². The van der Waals surface area contributed by atoms with Crippen molar-refractivity contribution in [3.8, 4) is 5.75 Å². The van der Waals surface area contributed by atoms with Crippen LogP contribution in [0.4, 0.5) is 0 Å². The predicted molar refractivity (Wildman–Crippen MR) is 147 cm³/mol. The summed E-state index contributed by atoms with van der Waals surface area (Å²) in [6.07, 6.45) is 2.56. The minimum atomic E-state index is -0.0417. The number of hydrogen-bond donors (Lipinski definition) is 1. The van der Waals surface area contributed by atoms with Gasteiger partial charge in [0.15, 0.2) is 0 Å². The van der Waals surface area contributed by atoms with Crippen LogP contribution in [0.5, 0.6) is 5.75 Å². The minimum absolute atomic E-state index is 0.0417. The number of nitrogens with zero attached hydrogens (tertiary/aromatic N) is 2. The van der Waals surface area contributed by atoms with E-state index in [9.17, 15) is 4.79 Å². The van der Waals surface area contributed by atoms with Crippen molar-refractivity contribution in [2.24, 2.45) is 0 Å². The molecule has 0 aliphatic carbocycles. The fourth-order valence-electron chi connectivity index (χ4n) is 4.57. The number of unbranched alkanes of at least 4 members (excludes halogenated alkanes) is 1. The highest BCUT2D eigenvalue weighted by Gasteiger charge is 2.13. The van der Waals surface area contributed by atoms with Gasteiger partial charge in [-0.15, -0.1) is 0 Å². The van der Waals surface area contributed by atoms with Crippen LogP contribution in [0.2, 0.25) is 5.02 Å². The lowest BCUT2D eigenvalue weighted by Crippen LogP contribution is -2.27. The number of carbonyl (C=O) groups excluding carboxylic acids is 1. The van der Waals surface area contributed by atoms with Crippen LogP contribution in [0.1, 0.15) is 51.3 Å². The zero-order valence-electron chi connectivity index (χ0n) is 21.5. The maximum atomic E-state index is 12.7. The van der Waals surface area contributed by atoms with Crippen LogP contribution in [-0.2, 0) is 13.0 Å². The molecule has 188 valence electrons. The topological polar surface area (TPSA) is 56.2 Å². The van der Waals surface area contributed by atoms with E-state index in [4.69, 9.17) is 21.3 Å². The molecule has 1 amide bonds. The monoisotopic (exact) mass is 503 g/mol. The molecular weight excluding hydrogens is 470 g/mol. The second-order valence-electron chi connectivity index (χ2n) is 9.42. The third-order valence-electron chi connectivity index (χ3n) is 6.45. The number of imidazole rings is 1. The van der Waals surface area contributed by atoms with E-state index >= 15 is 0 Å². The molecule has 0 radical (unpaired) electrons. The SMILES string of the molecule is Cc1ccc(C(=O)NCCc2nc3ccccc3n2CCCCOc2cc(C)c(Cl)c(C)c2)c(C)c1. The summed E-state index contributed by atoms with van der Waals surface area (Å²) in [5.74, 6) is 1.81. The van der Waals surface area contributed by atoms with Gasteiger partial charge in [0, 0.05) is 30.1 Å². The molecule has 0 unspecified atom stereocenters. The normalized spacial score (nSPS) is 11.1. The van der Waals surface area contributed by atoms with Crippen molar-refractivity contribution in [3.05, 3.63) is 93.3 Å². The van der Waals surface area contributed by atoms with Crippen molar-refractivity contribution in [1.29, 1.82) is 0 Å². The lowest BCUT2D eigenvalue weighted by atomic mass is 10.1. The summed E-state index contributed by atoms with van der Waals surface area (Å²) in [4.78, 5) is 17.5. The van der Waals surface area contributed by atoms with Crippen molar-refractivity contribution in [2.75, 3.05) is 13.2 Å². The van der Waals surface area contributed by atoms with Crippen molar-refractivity contribution >= 4 is 28.5 Å². The average Bonchev–Trinajstić information content (AvgIpc) is 3.19. The molecule has 0 aliphatic rings. The van der Waals surface area contributed by atoms with Crippen LogP contribution < -0.4 is 10.1 Å². The first-order chi connectivity index (χ1) is 17.3. The van der Waals surface area contributed by atoms with Gasteiger partial charge in [0.2, 0.25) is 0 Å². The number of amides is 1. The number of aryl methyl sites for hydroxylation is 5. The van der Waals surface area contributed by atoms with E-state index in [1.54, 1.807) is 0 Å². The van der Waals surface area contributed by atoms with Gasteiger partial charge in [-0.05, 0) is 87.6 Å². The Labute approximate surface area is 218 Å². The molecule has 0 fully saturated rings. The summed E-state index contributed by atoms with van der Waals surface area (Å²) in [5, 5.41) is 3.86. The Bertz CT molecular complexity index is 1350.